The largest absolute Gasteiger partial charge is 0.340 e. The summed E-state index contributed by atoms with van der Waals surface area (Å²) in [5.41, 5.74) is 1.04. The van der Waals surface area contributed by atoms with Gasteiger partial charge in [-0.2, -0.15) is 0 Å². The molecule has 1 heterocycles. The van der Waals surface area contributed by atoms with Crippen LogP contribution in [0, 0.1) is 10.1 Å². The molecule has 9 nitrogen and oxygen atoms in total. The fourth-order valence-electron chi connectivity index (χ4n) is 2.42. The summed E-state index contributed by atoms with van der Waals surface area (Å²) in [6.45, 7) is 1.59. The van der Waals surface area contributed by atoms with Crippen molar-refractivity contribution in [2.75, 3.05) is 16.4 Å². The Labute approximate surface area is 161 Å². The van der Waals surface area contributed by atoms with Crippen LogP contribution in [0.3, 0.4) is 0 Å². The molecule has 2 aromatic carbocycles. The molecule has 0 amide bonds. The molecule has 2 N–H and O–H groups in total. The molecule has 0 aliphatic rings. The van der Waals surface area contributed by atoms with Crippen molar-refractivity contribution in [3.8, 4) is 0 Å². The van der Waals surface area contributed by atoms with Crippen LogP contribution in [-0.4, -0.2) is 29.1 Å². The predicted molar refractivity (Wildman–Crippen MR) is 106 cm³/mol. The zero-order chi connectivity index (χ0) is 20.1. The number of sulfone groups is 1. The summed E-state index contributed by atoms with van der Waals surface area (Å²) in [6.07, 6.45) is 1.33. The number of nitrogens with zero attached hydrogens (tertiary/aromatic N) is 3. The summed E-state index contributed by atoms with van der Waals surface area (Å²) in [7, 11) is -3.31. The number of rotatable bonds is 7. The SMILES string of the molecule is CCS(=O)(=O)c1cccc(Nc2cc(Nc3cccc([N+](=O)[O-])c3)ncn2)c1. The second-order valence-electron chi connectivity index (χ2n) is 5.78. The number of nitrogens with one attached hydrogen (secondary N) is 2. The van der Waals surface area contributed by atoms with Gasteiger partial charge in [0.15, 0.2) is 9.84 Å². The number of hydrogen-bond acceptors (Lipinski definition) is 8. The van der Waals surface area contributed by atoms with E-state index in [9.17, 15) is 18.5 Å². The van der Waals surface area contributed by atoms with Gasteiger partial charge in [-0.15, -0.1) is 0 Å². The number of nitro groups is 1. The first-order chi connectivity index (χ1) is 13.4. The van der Waals surface area contributed by atoms with Gasteiger partial charge in [0.25, 0.3) is 5.69 Å². The molecule has 0 bridgehead atoms. The molecule has 3 aromatic rings. The molecule has 0 saturated carbocycles. The van der Waals surface area contributed by atoms with Crippen LogP contribution >= 0.6 is 0 Å². The van der Waals surface area contributed by atoms with Crippen LogP contribution < -0.4 is 10.6 Å². The summed E-state index contributed by atoms with van der Waals surface area (Å²) in [5, 5.41) is 16.9. The van der Waals surface area contributed by atoms with E-state index in [1.165, 1.54) is 24.5 Å². The first-order valence-corrected chi connectivity index (χ1v) is 9.96. The van der Waals surface area contributed by atoms with E-state index in [0.717, 1.165) is 0 Å². The monoisotopic (exact) mass is 399 g/mol. The molecule has 0 fully saturated rings. The molecular formula is C18H17N5O4S. The molecule has 10 heteroatoms. The summed E-state index contributed by atoms with van der Waals surface area (Å²) in [4.78, 5) is 18.8. The van der Waals surface area contributed by atoms with Crippen molar-refractivity contribution in [2.24, 2.45) is 0 Å². The van der Waals surface area contributed by atoms with E-state index in [4.69, 9.17) is 0 Å². The van der Waals surface area contributed by atoms with E-state index in [1.54, 1.807) is 43.3 Å². The first-order valence-electron chi connectivity index (χ1n) is 8.31. The molecular weight excluding hydrogens is 382 g/mol. The lowest BCUT2D eigenvalue weighted by Crippen LogP contribution is -2.04. The van der Waals surface area contributed by atoms with E-state index in [-0.39, 0.29) is 16.3 Å². The highest BCUT2D eigenvalue weighted by molar-refractivity contribution is 7.91. The Hall–Kier alpha value is -3.53. The van der Waals surface area contributed by atoms with E-state index in [2.05, 4.69) is 20.6 Å². The van der Waals surface area contributed by atoms with Gasteiger partial charge in [0.05, 0.1) is 15.6 Å². The highest BCUT2D eigenvalue weighted by Crippen LogP contribution is 2.23. The minimum atomic E-state index is -3.31. The maximum atomic E-state index is 12.0. The van der Waals surface area contributed by atoms with Crippen LogP contribution in [0.1, 0.15) is 6.92 Å². The average Bonchev–Trinajstić information content (AvgIpc) is 2.68. The lowest BCUT2D eigenvalue weighted by molar-refractivity contribution is -0.384. The van der Waals surface area contributed by atoms with Gasteiger partial charge in [-0.1, -0.05) is 19.1 Å². The van der Waals surface area contributed by atoms with E-state index >= 15 is 0 Å². The predicted octanol–water partition coefficient (Wildman–Crippen LogP) is 3.67. The van der Waals surface area contributed by atoms with Crippen molar-refractivity contribution in [3.63, 3.8) is 0 Å². The van der Waals surface area contributed by atoms with E-state index in [1.807, 2.05) is 0 Å². The van der Waals surface area contributed by atoms with E-state index in [0.29, 0.717) is 23.0 Å². The smallest absolute Gasteiger partial charge is 0.271 e. The first kappa shape index (κ1) is 19.2. The van der Waals surface area contributed by atoms with Gasteiger partial charge in [0.1, 0.15) is 18.0 Å². The molecule has 0 unspecified atom stereocenters. The molecule has 0 aliphatic heterocycles. The molecule has 0 radical (unpaired) electrons. The van der Waals surface area contributed by atoms with Crippen molar-refractivity contribution in [2.45, 2.75) is 11.8 Å². The van der Waals surface area contributed by atoms with Crippen LogP contribution in [0.15, 0.2) is 65.8 Å². The van der Waals surface area contributed by atoms with Gasteiger partial charge < -0.3 is 10.6 Å². The maximum absolute atomic E-state index is 12.0. The Morgan fingerprint density at radius 2 is 1.57 bits per heavy atom. The minimum Gasteiger partial charge on any atom is -0.340 e. The zero-order valence-corrected chi connectivity index (χ0v) is 15.7. The third-order valence-corrected chi connectivity index (χ3v) is 5.57. The molecule has 3 rings (SSSR count). The fraction of sp³-hybridized carbons (Fsp3) is 0.111. The number of hydrogen-bond donors (Lipinski definition) is 2. The van der Waals surface area contributed by atoms with Gasteiger partial charge in [-0.25, -0.2) is 18.4 Å². The quantitative estimate of drug-likeness (QED) is 0.455. The zero-order valence-electron chi connectivity index (χ0n) is 14.9. The molecule has 0 saturated heterocycles. The molecule has 144 valence electrons. The lowest BCUT2D eigenvalue weighted by Gasteiger charge is -2.10. The van der Waals surface area contributed by atoms with Crippen LogP contribution in [-0.2, 0) is 9.84 Å². The Morgan fingerprint density at radius 1 is 0.964 bits per heavy atom. The van der Waals surface area contributed by atoms with Crippen molar-refractivity contribution in [1.82, 2.24) is 9.97 Å². The molecule has 28 heavy (non-hydrogen) atoms. The van der Waals surface area contributed by atoms with Crippen molar-refractivity contribution in [1.29, 1.82) is 0 Å². The number of benzene rings is 2. The van der Waals surface area contributed by atoms with Crippen LogP contribution in [0.25, 0.3) is 0 Å². The minimum absolute atomic E-state index is 0.0151. The van der Waals surface area contributed by atoms with Crippen molar-refractivity contribution >= 4 is 38.5 Å². The Morgan fingerprint density at radius 3 is 2.18 bits per heavy atom. The van der Waals surface area contributed by atoms with Gasteiger partial charge in [0, 0.05) is 29.6 Å². The standard InChI is InChI=1S/C18H17N5O4S/c1-2-28(26,27)16-8-4-6-14(10-16)22-18-11-17(19-12-20-18)21-13-5-3-7-15(9-13)23(24)25/h3-12H,2H2,1H3,(H2,19,20,21,22). The van der Waals surface area contributed by atoms with Crippen molar-refractivity contribution in [3.05, 3.63) is 71.0 Å². The Bertz CT molecular complexity index is 1120. The van der Waals surface area contributed by atoms with E-state index < -0.39 is 14.8 Å². The average molecular weight is 399 g/mol. The molecule has 0 aliphatic carbocycles. The topological polar surface area (TPSA) is 127 Å². The number of non-ortho nitro benzene ring substituents is 1. The fourth-order valence-corrected chi connectivity index (χ4v) is 3.35. The molecule has 1 aromatic heterocycles. The van der Waals surface area contributed by atoms with Crippen molar-refractivity contribution < 1.29 is 13.3 Å². The summed E-state index contributed by atoms with van der Waals surface area (Å²) >= 11 is 0. The molecule has 0 spiro atoms. The number of anilines is 4. The maximum Gasteiger partial charge on any atom is 0.271 e. The number of aromatic nitrogens is 2. The normalized spacial score (nSPS) is 11.0. The third kappa shape index (κ3) is 4.60. The second kappa shape index (κ2) is 8.01. The van der Waals surface area contributed by atoms with Gasteiger partial charge in [0.2, 0.25) is 0 Å². The van der Waals surface area contributed by atoms with Gasteiger partial charge in [-0.05, 0) is 24.3 Å². The summed E-state index contributed by atoms with van der Waals surface area (Å²) in [6, 6.07) is 14.1. The summed E-state index contributed by atoms with van der Waals surface area (Å²) in [5.74, 6) is 0.880. The Balaban J connectivity index is 1.80. The van der Waals surface area contributed by atoms with Crippen LogP contribution in [0.5, 0.6) is 0 Å². The van der Waals surface area contributed by atoms with Gasteiger partial charge in [-0.3, -0.25) is 10.1 Å². The lowest BCUT2D eigenvalue weighted by atomic mass is 10.3. The highest BCUT2D eigenvalue weighted by Gasteiger charge is 2.12. The van der Waals surface area contributed by atoms with Crippen LogP contribution in [0.2, 0.25) is 0 Å². The molecule has 0 atom stereocenters. The highest BCUT2D eigenvalue weighted by atomic mass is 32.2. The second-order valence-corrected chi connectivity index (χ2v) is 8.06. The van der Waals surface area contributed by atoms with Gasteiger partial charge >= 0.3 is 0 Å². The van der Waals surface area contributed by atoms with Crippen LogP contribution in [0.4, 0.5) is 28.7 Å². The third-order valence-electron chi connectivity index (χ3n) is 3.84. The Kier molecular flexibility index (Phi) is 5.50. The number of nitro benzene ring substituents is 1. The summed E-state index contributed by atoms with van der Waals surface area (Å²) < 4.78 is 24.1.